The lowest BCUT2D eigenvalue weighted by atomic mass is 10.2. The summed E-state index contributed by atoms with van der Waals surface area (Å²) in [6.07, 6.45) is 0. The van der Waals surface area contributed by atoms with Crippen molar-refractivity contribution < 1.29 is 12.8 Å². The Balaban J connectivity index is 2.28. The van der Waals surface area contributed by atoms with E-state index in [-0.39, 0.29) is 11.4 Å². The molecule has 0 unspecified atom stereocenters. The quantitative estimate of drug-likeness (QED) is 0.874. The summed E-state index contributed by atoms with van der Waals surface area (Å²) in [5.41, 5.74) is 6.41. The van der Waals surface area contributed by atoms with E-state index < -0.39 is 10.0 Å². The van der Waals surface area contributed by atoms with Crippen molar-refractivity contribution in [3.8, 4) is 0 Å². The Labute approximate surface area is 132 Å². The molecule has 0 saturated heterocycles. The Hall–Kier alpha value is -1.15. The van der Waals surface area contributed by atoms with Crippen molar-refractivity contribution in [2.24, 2.45) is 5.73 Å². The number of aryl methyl sites for hydroxylation is 1. The standard InChI is InChI=1S/C14H17BrN2O3S/c1-10-3-5-12(20-10)9-17(2)21(18,19)14-6-4-11(8-16)7-13(14)15/h3-7H,8-9,16H2,1-2H3. The molecule has 114 valence electrons. The molecule has 2 rings (SSSR count). The molecule has 0 fully saturated rings. The second-order valence-electron chi connectivity index (χ2n) is 4.74. The van der Waals surface area contributed by atoms with Crippen LogP contribution in [0.1, 0.15) is 17.1 Å². The number of nitrogens with zero attached hydrogens (tertiary/aromatic N) is 1. The first-order chi connectivity index (χ1) is 9.84. The van der Waals surface area contributed by atoms with Crippen molar-refractivity contribution in [3.05, 3.63) is 51.9 Å². The predicted molar refractivity (Wildman–Crippen MR) is 84.1 cm³/mol. The number of halogens is 1. The molecule has 0 aliphatic heterocycles. The topological polar surface area (TPSA) is 76.5 Å². The van der Waals surface area contributed by atoms with Crippen LogP contribution in [0.2, 0.25) is 0 Å². The highest BCUT2D eigenvalue weighted by molar-refractivity contribution is 9.10. The van der Waals surface area contributed by atoms with Gasteiger partial charge in [0.1, 0.15) is 11.5 Å². The van der Waals surface area contributed by atoms with Crippen LogP contribution in [0.25, 0.3) is 0 Å². The van der Waals surface area contributed by atoms with Gasteiger partial charge in [-0.05, 0) is 52.7 Å². The summed E-state index contributed by atoms with van der Waals surface area (Å²) >= 11 is 3.30. The normalized spacial score (nSPS) is 12.0. The molecule has 0 bridgehead atoms. The summed E-state index contributed by atoms with van der Waals surface area (Å²) in [4.78, 5) is 0.213. The zero-order valence-electron chi connectivity index (χ0n) is 11.8. The highest BCUT2D eigenvalue weighted by Gasteiger charge is 2.24. The fourth-order valence-electron chi connectivity index (χ4n) is 1.92. The molecule has 1 aromatic carbocycles. The van der Waals surface area contributed by atoms with Crippen molar-refractivity contribution >= 4 is 26.0 Å². The van der Waals surface area contributed by atoms with E-state index in [4.69, 9.17) is 10.2 Å². The largest absolute Gasteiger partial charge is 0.465 e. The van der Waals surface area contributed by atoms with E-state index in [1.54, 1.807) is 24.3 Å². The number of hydrogen-bond donors (Lipinski definition) is 1. The minimum atomic E-state index is -3.60. The first-order valence-electron chi connectivity index (χ1n) is 6.34. The number of benzene rings is 1. The molecule has 0 aliphatic carbocycles. The molecule has 0 atom stereocenters. The summed E-state index contributed by atoms with van der Waals surface area (Å²) in [5, 5.41) is 0. The van der Waals surface area contributed by atoms with Crippen LogP contribution in [-0.2, 0) is 23.1 Å². The molecule has 2 N–H and O–H groups in total. The number of rotatable bonds is 5. The highest BCUT2D eigenvalue weighted by Crippen LogP contribution is 2.26. The van der Waals surface area contributed by atoms with Gasteiger partial charge >= 0.3 is 0 Å². The first kappa shape index (κ1) is 16.2. The van der Waals surface area contributed by atoms with Crippen LogP contribution in [0.15, 0.2) is 44.1 Å². The summed E-state index contributed by atoms with van der Waals surface area (Å²) in [6, 6.07) is 8.57. The van der Waals surface area contributed by atoms with Crippen LogP contribution in [0.3, 0.4) is 0 Å². The number of sulfonamides is 1. The minimum Gasteiger partial charge on any atom is -0.465 e. The molecule has 1 heterocycles. The van der Waals surface area contributed by atoms with E-state index >= 15 is 0 Å². The third-order valence-electron chi connectivity index (χ3n) is 3.09. The van der Waals surface area contributed by atoms with Crippen molar-refractivity contribution in [1.82, 2.24) is 4.31 Å². The summed E-state index contributed by atoms with van der Waals surface area (Å²) in [6.45, 7) is 2.36. The average Bonchev–Trinajstić information content (AvgIpc) is 2.83. The van der Waals surface area contributed by atoms with Gasteiger partial charge in [0.2, 0.25) is 10.0 Å². The molecule has 0 spiro atoms. The van der Waals surface area contributed by atoms with Gasteiger partial charge in [0, 0.05) is 18.1 Å². The molecule has 5 nitrogen and oxygen atoms in total. The molecular formula is C14H17BrN2O3S. The van der Waals surface area contributed by atoms with Gasteiger partial charge in [-0.3, -0.25) is 0 Å². The third-order valence-corrected chi connectivity index (χ3v) is 5.87. The molecule has 2 aromatic rings. The monoisotopic (exact) mass is 372 g/mol. The predicted octanol–water partition coefficient (Wildman–Crippen LogP) is 2.63. The van der Waals surface area contributed by atoms with Crippen LogP contribution >= 0.6 is 15.9 Å². The molecule has 21 heavy (non-hydrogen) atoms. The van der Waals surface area contributed by atoms with E-state index in [1.165, 1.54) is 11.4 Å². The lowest BCUT2D eigenvalue weighted by Gasteiger charge is -2.17. The minimum absolute atomic E-state index is 0.182. The molecule has 7 heteroatoms. The Morgan fingerprint density at radius 1 is 1.29 bits per heavy atom. The summed E-state index contributed by atoms with van der Waals surface area (Å²) in [5.74, 6) is 1.36. The molecule has 0 saturated carbocycles. The van der Waals surface area contributed by atoms with Crippen LogP contribution in [-0.4, -0.2) is 19.8 Å². The SMILES string of the molecule is Cc1ccc(CN(C)S(=O)(=O)c2ccc(CN)cc2Br)o1. The lowest BCUT2D eigenvalue weighted by molar-refractivity contribution is 0.397. The smallest absolute Gasteiger partial charge is 0.244 e. The van der Waals surface area contributed by atoms with E-state index in [9.17, 15) is 8.42 Å². The van der Waals surface area contributed by atoms with Crippen LogP contribution in [0, 0.1) is 6.92 Å². The lowest BCUT2D eigenvalue weighted by Crippen LogP contribution is -2.26. The van der Waals surface area contributed by atoms with E-state index in [1.807, 2.05) is 13.0 Å². The Bertz CT molecular complexity index is 740. The highest BCUT2D eigenvalue weighted by atomic mass is 79.9. The zero-order valence-corrected chi connectivity index (χ0v) is 14.2. The second-order valence-corrected chi connectivity index (χ2v) is 7.61. The van der Waals surface area contributed by atoms with E-state index in [0.717, 1.165) is 11.3 Å². The van der Waals surface area contributed by atoms with Gasteiger partial charge in [-0.15, -0.1) is 0 Å². The maximum atomic E-state index is 12.6. The molecule has 1 aromatic heterocycles. The first-order valence-corrected chi connectivity index (χ1v) is 8.58. The van der Waals surface area contributed by atoms with Crippen LogP contribution in [0.4, 0.5) is 0 Å². The van der Waals surface area contributed by atoms with Crippen molar-refractivity contribution in [2.75, 3.05) is 7.05 Å². The summed E-state index contributed by atoms with van der Waals surface area (Å²) < 4.78 is 32.4. The van der Waals surface area contributed by atoms with Crippen molar-refractivity contribution in [1.29, 1.82) is 0 Å². The van der Waals surface area contributed by atoms with Gasteiger partial charge in [-0.1, -0.05) is 6.07 Å². The van der Waals surface area contributed by atoms with Crippen molar-refractivity contribution in [3.63, 3.8) is 0 Å². The molecule has 0 aliphatic rings. The Morgan fingerprint density at radius 2 is 2.00 bits per heavy atom. The zero-order chi connectivity index (χ0) is 15.6. The van der Waals surface area contributed by atoms with Gasteiger partial charge < -0.3 is 10.2 Å². The Morgan fingerprint density at radius 3 is 2.52 bits per heavy atom. The summed E-state index contributed by atoms with van der Waals surface area (Å²) in [7, 11) is -2.07. The molecule has 0 radical (unpaired) electrons. The average molecular weight is 373 g/mol. The second kappa shape index (κ2) is 6.31. The van der Waals surface area contributed by atoms with Gasteiger partial charge in [-0.2, -0.15) is 4.31 Å². The number of nitrogens with two attached hydrogens (primary N) is 1. The molecule has 0 amide bonds. The van der Waals surface area contributed by atoms with Crippen LogP contribution in [0.5, 0.6) is 0 Å². The maximum absolute atomic E-state index is 12.6. The fraction of sp³-hybridized carbons (Fsp3) is 0.286. The van der Waals surface area contributed by atoms with Crippen molar-refractivity contribution in [2.45, 2.75) is 24.9 Å². The van der Waals surface area contributed by atoms with E-state index in [2.05, 4.69) is 15.9 Å². The maximum Gasteiger partial charge on any atom is 0.244 e. The van der Waals surface area contributed by atoms with Gasteiger partial charge in [0.15, 0.2) is 0 Å². The van der Waals surface area contributed by atoms with Crippen LogP contribution < -0.4 is 5.73 Å². The fourth-order valence-corrected chi connectivity index (χ4v) is 4.14. The third kappa shape index (κ3) is 3.55. The number of hydrogen-bond acceptors (Lipinski definition) is 4. The van der Waals surface area contributed by atoms with Gasteiger partial charge in [0.25, 0.3) is 0 Å². The van der Waals surface area contributed by atoms with E-state index in [0.29, 0.717) is 16.8 Å². The number of furan rings is 1. The van der Waals surface area contributed by atoms with Gasteiger partial charge in [0.05, 0.1) is 11.4 Å². The van der Waals surface area contributed by atoms with Gasteiger partial charge in [-0.25, -0.2) is 8.42 Å². The Kier molecular flexibility index (Phi) is 4.88. The molecular weight excluding hydrogens is 356 g/mol.